The van der Waals surface area contributed by atoms with Crippen molar-refractivity contribution >= 4 is 0 Å². The van der Waals surface area contributed by atoms with Gasteiger partial charge < -0.3 is 30.5 Å². The van der Waals surface area contributed by atoms with Crippen LogP contribution >= 0.6 is 0 Å². The van der Waals surface area contributed by atoms with Crippen molar-refractivity contribution < 1.29 is 24.8 Å². The number of aliphatic hydroxyl groups is 3. The van der Waals surface area contributed by atoms with Crippen LogP contribution in [0.2, 0.25) is 0 Å². The van der Waals surface area contributed by atoms with Crippen LogP contribution in [0.5, 0.6) is 0 Å². The molecule has 6 heteroatoms. The van der Waals surface area contributed by atoms with E-state index in [0.29, 0.717) is 0 Å². The Morgan fingerprint density at radius 2 is 1.82 bits per heavy atom. The highest BCUT2D eigenvalue weighted by Gasteiger charge is 2.34. The third-order valence-corrected chi connectivity index (χ3v) is 1.39. The molecule has 1 aliphatic rings. The van der Waals surface area contributed by atoms with Gasteiger partial charge in [-0.05, 0) is 0 Å². The maximum absolute atomic E-state index is 8.96. The first-order valence-corrected chi connectivity index (χ1v) is 3.18. The maximum Gasteiger partial charge on any atom is 0.195 e. The Bertz CT molecular complexity index is 132. The standard InChI is InChI=1S/C5H11NO5/c6-3-5(9)10-2(1-7)4(8)11-3/h2-5,7-9H,1,6H2/t2?,3?,4-,5-/m1/s1. The molecule has 0 radical (unpaired) electrons. The fraction of sp³-hybridized carbons (Fsp3) is 1.00. The summed E-state index contributed by atoms with van der Waals surface area (Å²) in [4.78, 5) is 0. The maximum atomic E-state index is 8.96. The lowest BCUT2D eigenvalue weighted by Crippen LogP contribution is -2.54. The highest BCUT2D eigenvalue weighted by molar-refractivity contribution is 4.69. The second-order valence-corrected chi connectivity index (χ2v) is 2.24. The smallest absolute Gasteiger partial charge is 0.195 e. The molecular formula is C5H11NO5. The summed E-state index contributed by atoms with van der Waals surface area (Å²) < 4.78 is 9.27. The topological polar surface area (TPSA) is 105 Å². The largest absolute Gasteiger partial charge is 0.393 e. The van der Waals surface area contributed by atoms with Gasteiger partial charge in [-0.3, -0.25) is 0 Å². The molecule has 0 amide bonds. The van der Waals surface area contributed by atoms with E-state index in [-0.39, 0.29) is 0 Å². The zero-order valence-corrected chi connectivity index (χ0v) is 5.75. The van der Waals surface area contributed by atoms with Crippen molar-refractivity contribution in [2.45, 2.75) is 24.9 Å². The van der Waals surface area contributed by atoms with Crippen molar-refractivity contribution in [2.75, 3.05) is 6.61 Å². The number of aliphatic hydroxyl groups excluding tert-OH is 3. The Labute approximate surface area is 63.1 Å². The van der Waals surface area contributed by atoms with Crippen LogP contribution in [0.4, 0.5) is 0 Å². The number of ether oxygens (including phenoxy) is 2. The van der Waals surface area contributed by atoms with Gasteiger partial charge in [0.05, 0.1) is 6.61 Å². The van der Waals surface area contributed by atoms with Gasteiger partial charge in [-0.15, -0.1) is 0 Å². The molecule has 1 aliphatic heterocycles. The minimum absolute atomic E-state index is 0.426. The van der Waals surface area contributed by atoms with Crippen molar-refractivity contribution in [3.63, 3.8) is 0 Å². The van der Waals surface area contributed by atoms with E-state index in [0.717, 1.165) is 0 Å². The highest BCUT2D eigenvalue weighted by atomic mass is 16.7. The Kier molecular flexibility index (Phi) is 2.77. The first kappa shape index (κ1) is 8.85. The molecule has 0 bridgehead atoms. The zero-order valence-electron chi connectivity index (χ0n) is 5.75. The molecule has 5 N–H and O–H groups in total. The molecule has 0 spiro atoms. The van der Waals surface area contributed by atoms with Crippen molar-refractivity contribution in [1.82, 2.24) is 0 Å². The molecule has 0 aromatic heterocycles. The van der Waals surface area contributed by atoms with Gasteiger partial charge in [-0.25, -0.2) is 0 Å². The first-order valence-electron chi connectivity index (χ1n) is 3.18. The molecule has 11 heavy (non-hydrogen) atoms. The fourth-order valence-electron chi connectivity index (χ4n) is 0.773. The Morgan fingerprint density at radius 3 is 2.36 bits per heavy atom. The summed E-state index contributed by atoms with van der Waals surface area (Å²) in [5.41, 5.74) is 5.15. The molecule has 1 saturated heterocycles. The summed E-state index contributed by atoms with van der Waals surface area (Å²) in [7, 11) is 0. The fourth-order valence-corrected chi connectivity index (χ4v) is 0.773. The van der Waals surface area contributed by atoms with Gasteiger partial charge in [0, 0.05) is 0 Å². The SMILES string of the molecule is NC1O[C@@H](O)C(CO)O[C@H]1O. The summed E-state index contributed by atoms with van der Waals surface area (Å²) in [6, 6.07) is 0. The predicted octanol–water partition coefficient (Wildman–Crippen LogP) is -2.68. The third kappa shape index (κ3) is 1.86. The average Bonchev–Trinajstić information content (AvgIpc) is 1.97. The van der Waals surface area contributed by atoms with E-state index in [4.69, 9.17) is 21.1 Å². The van der Waals surface area contributed by atoms with Crippen LogP contribution in [-0.2, 0) is 9.47 Å². The van der Waals surface area contributed by atoms with Crippen LogP contribution in [0.15, 0.2) is 0 Å². The molecule has 4 atom stereocenters. The van der Waals surface area contributed by atoms with E-state index in [2.05, 4.69) is 9.47 Å². The lowest BCUT2D eigenvalue weighted by molar-refractivity contribution is -0.333. The molecule has 1 fully saturated rings. The van der Waals surface area contributed by atoms with E-state index < -0.39 is 31.5 Å². The quantitative estimate of drug-likeness (QED) is 0.337. The molecular weight excluding hydrogens is 154 g/mol. The minimum atomic E-state index is -1.30. The van der Waals surface area contributed by atoms with Gasteiger partial charge in [0.1, 0.15) is 6.10 Å². The van der Waals surface area contributed by atoms with E-state index >= 15 is 0 Å². The molecule has 0 saturated carbocycles. The number of hydrogen-bond acceptors (Lipinski definition) is 6. The van der Waals surface area contributed by atoms with Crippen molar-refractivity contribution in [2.24, 2.45) is 5.73 Å². The molecule has 66 valence electrons. The molecule has 0 aromatic carbocycles. The minimum Gasteiger partial charge on any atom is -0.393 e. The van der Waals surface area contributed by atoms with Crippen molar-refractivity contribution in [1.29, 1.82) is 0 Å². The molecule has 6 nitrogen and oxygen atoms in total. The van der Waals surface area contributed by atoms with Crippen molar-refractivity contribution in [3.8, 4) is 0 Å². The average molecular weight is 165 g/mol. The van der Waals surface area contributed by atoms with Gasteiger partial charge in [0.2, 0.25) is 0 Å². The summed E-state index contributed by atoms with van der Waals surface area (Å²) in [5, 5.41) is 26.4. The number of rotatable bonds is 1. The first-order chi connectivity index (χ1) is 5.15. The van der Waals surface area contributed by atoms with Gasteiger partial charge in [0.15, 0.2) is 18.8 Å². The Balaban J connectivity index is 2.48. The second-order valence-electron chi connectivity index (χ2n) is 2.24. The Hall–Kier alpha value is -0.240. The second kappa shape index (κ2) is 3.44. The highest BCUT2D eigenvalue weighted by Crippen LogP contribution is 2.13. The lowest BCUT2D eigenvalue weighted by Gasteiger charge is -2.34. The normalized spacial score (nSPS) is 45.8. The molecule has 1 heterocycles. The number of hydrogen-bond donors (Lipinski definition) is 4. The van der Waals surface area contributed by atoms with Gasteiger partial charge >= 0.3 is 0 Å². The van der Waals surface area contributed by atoms with Crippen LogP contribution < -0.4 is 5.73 Å². The monoisotopic (exact) mass is 165 g/mol. The van der Waals surface area contributed by atoms with Crippen molar-refractivity contribution in [3.05, 3.63) is 0 Å². The summed E-state index contributed by atoms with van der Waals surface area (Å²) >= 11 is 0. The zero-order chi connectivity index (χ0) is 8.43. The van der Waals surface area contributed by atoms with Crippen LogP contribution in [0, 0.1) is 0 Å². The van der Waals surface area contributed by atoms with E-state index in [1.165, 1.54) is 0 Å². The number of nitrogens with two attached hydrogens (primary N) is 1. The predicted molar refractivity (Wildman–Crippen MR) is 33.0 cm³/mol. The van der Waals surface area contributed by atoms with E-state index in [1.54, 1.807) is 0 Å². The summed E-state index contributed by atoms with van der Waals surface area (Å²) in [6.07, 6.45) is -4.56. The van der Waals surface area contributed by atoms with Gasteiger partial charge in [-0.2, -0.15) is 0 Å². The molecule has 0 aromatic rings. The molecule has 0 aliphatic carbocycles. The van der Waals surface area contributed by atoms with Gasteiger partial charge in [0.25, 0.3) is 0 Å². The van der Waals surface area contributed by atoms with Crippen LogP contribution in [0.1, 0.15) is 0 Å². The summed E-state index contributed by atoms with van der Waals surface area (Å²) in [6.45, 7) is -0.426. The summed E-state index contributed by atoms with van der Waals surface area (Å²) in [5.74, 6) is 0. The third-order valence-electron chi connectivity index (χ3n) is 1.39. The molecule has 2 unspecified atom stereocenters. The lowest BCUT2D eigenvalue weighted by atomic mass is 10.3. The van der Waals surface area contributed by atoms with Crippen LogP contribution in [0.3, 0.4) is 0 Å². The Morgan fingerprint density at radius 1 is 1.18 bits per heavy atom. The van der Waals surface area contributed by atoms with Crippen LogP contribution in [-0.4, -0.2) is 46.8 Å². The van der Waals surface area contributed by atoms with Crippen LogP contribution in [0.25, 0.3) is 0 Å². The molecule has 1 rings (SSSR count). The van der Waals surface area contributed by atoms with E-state index in [9.17, 15) is 0 Å². The van der Waals surface area contributed by atoms with Gasteiger partial charge in [-0.1, -0.05) is 0 Å². The van der Waals surface area contributed by atoms with E-state index in [1.807, 2.05) is 0 Å².